The fraction of sp³-hybridized carbons (Fsp3) is 0.211. The van der Waals surface area contributed by atoms with Gasteiger partial charge in [0.25, 0.3) is 0 Å². The molecule has 1 aromatic heterocycles. The van der Waals surface area contributed by atoms with Crippen molar-refractivity contribution in [2.45, 2.75) is 17.0 Å². The zero-order valence-electron chi connectivity index (χ0n) is 14.9. The third-order valence-corrected chi connectivity index (χ3v) is 5.05. The van der Waals surface area contributed by atoms with Crippen molar-refractivity contribution in [2.24, 2.45) is 0 Å². The SMILES string of the molecule is CN(C)C(=O)C(Sc1n[nH]c(COc2ccc(Cl)cc2)n1)c1ccccc1. The highest BCUT2D eigenvalue weighted by atomic mass is 35.5. The lowest BCUT2D eigenvalue weighted by molar-refractivity contribution is -0.128. The quantitative estimate of drug-likeness (QED) is 0.605. The Balaban J connectivity index is 1.68. The first-order chi connectivity index (χ1) is 13.0. The highest BCUT2D eigenvalue weighted by molar-refractivity contribution is 8.00. The van der Waals surface area contributed by atoms with Gasteiger partial charge in [-0.25, -0.2) is 4.98 Å². The minimum Gasteiger partial charge on any atom is -0.486 e. The van der Waals surface area contributed by atoms with Crippen molar-refractivity contribution in [3.8, 4) is 5.75 Å². The Kier molecular flexibility index (Phi) is 6.36. The van der Waals surface area contributed by atoms with Crippen LogP contribution >= 0.6 is 23.4 Å². The van der Waals surface area contributed by atoms with E-state index in [1.165, 1.54) is 11.8 Å². The van der Waals surface area contributed by atoms with Crippen molar-refractivity contribution >= 4 is 29.3 Å². The minimum absolute atomic E-state index is 0.0186. The summed E-state index contributed by atoms with van der Waals surface area (Å²) in [5, 5.41) is 7.79. The van der Waals surface area contributed by atoms with E-state index in [1.54, 1.807) is 43.3 Å². The van der Waals surface area contributed by atoms with Crippen molar-refractivity contribution in [2.75, 3.05) is 14.1 Å². The number of carbonyl (C=O) groups excluding carboxylic acids is 1. The van der Waals surface area contributed by atoms with Crippen LogP contribution in [0.5, 0.6) is 5.75 Å². The van der Waals surface area contributed by atoms with Gasteiger partial charge in [0.2, 0.25) is 11.1 Å². The molecular formula is C19H19ClN4O2S. The van der Waals surface area contributed by atoms with E-state index in [0.29, 0.717) is 21.8 Å². The molecule has 0 fully saturated rings. The van der Waals surface area contributed by atoms with Crippen molar-refractivity contribution in [3.05, 3.63) is 71.0 Å². The zero-order valence-corrected chi connectivity index (χ0v) is 16.5. The summed E-state index contributed by atoms with van der Waals surface area (Å²) in [4.78, 5) is 18.6. The largest absolute Gasteiger partial charge is 0.486 e. The molecule has 3 rings (SSSR count). The molecule has 0 saturated heterocycles. The van der Waals surface area contributed by atoms with E-state index in [2.05, 4.69) is 15.2 Å². The Morgan fingerprint density at radius 3 is 2.56 bits per heavy atom. The second-order valence-corrected chi connectivity index (χ2v) is 7.46. The van der Waals surface area contributed by atoms with E-state index >= 15 is 0 Å². The molecule has 0 bridgehead atoms. The molecule has 1 unspecified atom stereocenters. The van der Waals surface area contributed by atoms with Crippen molar-refractivity contribution < 1.29 is 9.53 Å². The van der Waals surface area contributed by atoms with E-state index in [0.717, 1.165) is 5.56 Å². The van der Waals surface area contributed by atoms with Crippen LogP contribution in [0.15, 0.2) is 59.8 Å². The van der Waals surface area contributed by atoms with E-state index < -0.39 is 5.25 Å². The number of H-pyrrole nitrogens is 1. The molecule has 1 N–H and O–H groups in total. The predicted octanol–water partition coefficient (Wildman–Crippen LogP) is 3.96. The van der Waals surface area contributed by atoms with Gasteiger partial charge in [-0.05, 0) is 29.8 Å². The Labute approximate surface area is 166 Å². The molecule has 0 saturated carbocycles. The number of thioether (sulfide) groups is 1. The summed E-state index contributed by atoms with van der Waals surface area (Å²) < 4.78 is 5.66. The maximum Gasteiger partial charge on any atom is 0.240 e. The molecule has 1 amide bonds. The number of ether oxygens (including phenoxy) is 1. The normalized spacial score (nSPS) is 11.8. The molecule has 27 heavy (non-hydrogen) atoms. The number of nitrogens with zero attached hydrogens (tertiary/aromatic N) is 3. The summed E-state index contributed by atoms with van der Waals surface area (Å²) in [6.07, 6.45) is 0. The summed E-state index contributed by atoms with van der Waals surface area (Å²) in [7, 11) is 3.48. The number of rotatable bonds is 7. The number of halogens is 1. The lowest BCUT2D eigenvalue weighted by Crippen LogP contribution is -2.26. The van der Waals surface area contributed by atoms with Crippen LogP contribution in [0.3, 0.4) is 0 Å². The molecule has 140 valence electrons. The van der Waals surface area contributed by atoms with Crippen LogP contribution in [0.25, 0.3) is 0 Å². The molecule has 2 aromatic carbocycles. The lowest BCUT2D eigenvalue weighted by atomic mass is 10.1. The highest BCUT2D eigenvalue weighted by Crippen LogP contribution is 2.34. The fourth-order valence-electron chi connectivity index (χ4n) is 2.31. The van der Waals surface area contributed by atoms with Crippen LogP contribution < -0.4 is 4.74 Å². The summed E-state index contributed by atoms with van der Waals surface area (Å²) in [5.74, 6) is 1.25. The molecule has 0 aliphatic heterocycles. The van der Waals surface area contributed by atoms with Gasteiger partial charge in [-0.3, -0.25) is 9.89 Å². The summed E-state index contributed by atoms with van der Waals surface area (Å²) >= 11 is 7.17. The van der Waals surface area contributed by atoms with Gasteiger partial charge in [0.05, 0.1) is 0 Å². The fourth-order valence-corrected chi connectivity index (χ4v) is 3.51. The number of carbonyl (C=O) groups is 1. The maximum atomic E-state index is 12.6. The Hall–Kier alpha value is -2.51. The third-order valence-electron chi connectivity index (χ3n) is 3.69. The van der Waals surface area contributed by atoms with Gasteiger partial charge >= 0.3 is 0 Å². The van der Waals surface area contributed by atoms with Gasteiger partial charge in [0.15, 0.2) is 5.82 Å². The van der Waals surface area contributed by atoms with Gasteiger partial charge in [0, 0.05) is 19.1 Å². The lowest BCUT2D eigenvalue weighted by Gasteiger charge is -2.19. The molecule has 1 heterocycles. The topological polar surface area (TPSA) is 71.1 Å². The van der Waals surface area contributed by atoms with Gasteiger partial charge < -0.3 is 9.64 Å². The maximum absolute atomic E-state index is 12.6. The van der Waals surface area contributed by atoms with Crippen LogP contribution in [0.1, 0.15) is 16.6 Å². The molecule has 6 nitrogen and oxygen atoms in total. The molecule has 8 heteroatoms. The number of likely N-dealkylation sites (N-methyl/N-ethyl adjacent to an activating group) is 1. The van der Waals surface area contributed by atoms with E-state index in [-0.39, 0.29) is 12.5 Å². The van der Waals surface area contributed by atoms with Gasteiger partial charge in [-0.2, -0.15) is 0 Å². The summed E-state index contributed by atoms with van der Waals surface area (Å²) in [6.45, 7) is 0.243. The number of hydrogen-bond donors (Lipinski definition) is 1. The van der Waals surface area contributed by atoms with Crippen LogP contribution in [0.4, 0.5) is 0 Å². The molecule has 1 atom stereocenters. The van der Waals surface area contributed by atoms with Gasteiger partial charge in [-0.1, -0.05) is 53.7 Å². The van der Waals surface area contributed by atoms with Crippen molar-refractivity contribution in [1.82, 2.24) is 20.1 Å². The first-order valence-corrected chi connectivity index (χ1v) is 9.51. The standard InChI is InChI=1S/C19H19ClN4O2S/c1-24(2)18(25)17(13-6-4-3-5-7-13)27-19-21-16(22-23-19)12-26-15-10-8-14(20)9-11-15/h3-11,17H,12H2,1-2H3,(H,21,22,23). The third kappa shape index (κ3) is 5.24. The average Bonchev–Trinajstić information content (AvgIpc) is 3.13. The molecule has 0 aliphatic carbocycles. The van der Waals surface area contributed by atoms with Crippen molar-refractivity contribution in [3.63, 3.8) is 0 Å². The summed E-state index contributed by atoms with van der Waals surface area (Å²) in [6, 6.07) is 16.7. The molecule has 0 aliphatic rings. The minimum atomic E-state index is -0.415. The number of aromatic amines is 1. The van der Waals surface area contributed by atoms with Crippen LogP contribution in [0, 0.1) is 0 Å². The van der Waals surface area contributed by atoms with Crippen LogP contribution in [-0.4, -0.2) is 40.1 Å². The van der Waals surface area contributed by atoms with Gasteiger partial charge in [0.1, 0.15) is 17.6 Å². The summed E-state index contributed by atoms with van der Waals surface area (Å²) in [5.41, 5.74) is 0.907. The van der Waals surface area contributed by atoms with E-state index in [9.17, 15) is 4.79 Å². The smallest absolute Gasteiger partial charge is 0.240 e. The average molecular weight is 403 g/mol. The number of amides is 1. The molecular weight excluding hydrogens is 384 g/mol. The van der Waals surface area contributed by atoms with Crippen LogP contribution in [-0.2, 0) is 11.4 Å². The first kappa shape index (κ1) is 19.3. The Morgan fingerprint density at radius 2 is 1.89 bits per heavy atom. The van der Waals surface area contributed by atoms with Crippen molar-refractivity contribution in [1.29, 1.82) is 0 Å². The molecule has 0 radical (unpaired) electrons. The zero-order chi connectivity index (χ0) is 19.2. The molecule has 3 aromatic rings. The van der Waals surface area contributed by atoms with E-state index in [4.69, 9.17) is 16.3 Å². The van der Waals surface area contributed by atoms with Gasteiger partial charge in [-0.15, -0.1) is 5.10 Å². The predicted molar refractivity (Wildman–Crippen MR) is 106 cm³/mol. The first-order valence-electron chi connectivity index (χ1n) is 8.25. The van der Waals surface area contributed by atoms with E-state index in [1.807, 2.05) is 30.3 Å². The van der Waals surface area contributed by atoms with Crippen LogP contribution in [0.2, 0.25) is 5.02 Å². The number of nitrogens with one attached hydrogen (secondary N) is 1. The second kappa shape index (κ2) is 8.92. The monoisotopic (exact) mass is 402 g/mol. The number of benzene rings is 2. The Morgan fingerprint density at radius 1 is 1.19 bits per heavy atom. The molecule has 0 spiro atoms. The number of hydrogen-bond acceptors (Lipinski definition) is 5. The highest BCUT2D eigenvalue weighted by Gasteiger charge is 2.25. The number of aromatic nitrogens is 3. The Bertz CT molecular complexity index is 884. The second-order valence-electron chi connectivity index (χ2n) is 5.95.